The number of nitrogens with one attached hydrogen (secondary N) is 1. The molecule has 0 atom stereocenters. The van der Waals surface area contributed by atoms with Gasteiger partial charge in [0.05, 0.1) is 18.1 Å². The number of carbonyl (C=O) groups is 1. The number of aromatic amines is 1. The predicted molar refractivity (Wildman–Crippen MR) is 59.1 cm³/mol. The fourth-order valence-corrected chi connectivity index (χ4v) is 1.61. The minimum absolute atomic E-state index is 0.196. The minimum Gasteiger partial charge on any atom is -0.364 e. The second-order valence-corrected chi connectivity index (χ2v) is 3.48. The molecule has 0 unspecified atom stereocenters. The standard InChI is InChI=1S/C10H8N6O/c11-9(17)7-1-2-16-8(5-12-10(16)15-7)6-3-13-14-4-6/h1-5H,(H2,11,17)(H,13,14). The van der Waals surface area contributed by atoms with E-state index in [4.69, 9.17) is 5.73 Å². The van der Waals surface area contributed by atoms with Crippen molar-refractivity contribution in [2.75, 3.05) is 0 Å². The number of carbonyl (C=O) groups excluding carboxylic acids is 1. The lowest BCUT2D eigenvalue weighted by Crippen LogP contribution is -2.13. The summed E-state index contributed by atoms with van der Waals surface area (Å²) in [6.45, 7) is 0. The molecule has 7 nitrogen and oxygen atoms in total. The summed E-state index contributed by atoms with van der Waals surface area (Å²) in [6, 6.07) is 1.56. The van der Waals surface area contributed by atoms with Gasteiger partial charge in [-0.3, -0.25) is 14.3 Å². The number of rotatable bonds is 2. The molecular formula is C10H8N6O. The van der Waals surface area contributed by atoms with E-state index in [0.29, 0.717) is 5.78 Å². The van der Waals surface area contributed by atoms with E-state index in [-0.39, 0.29) is 5.69 Å². The summed E-state index contributed by atoms with van der Waals surface area (Å²) in [5.41, 5.74) is 7.09. The maximum Gasteiger partial charge on any atom is 0.267 e. The molecule has 0 aliphatic heterocycles. The predicted octanol–water partition coefficient (Wildman–Crippen LogP) is 0.218. The van der Waals surface area contributed by atoms with Gasteiger partial charge in [0.15, 0.2) is 0 Å². The summed E-state index contributed by atoms with van der Waals surface area (Å²) < 4.78 is 1.76. The molecule has 0 aromatic carbocycles. The Morgan fingerprint density at radius 3 is 3.00 bits per heavy atom. The quantitative estimate of drug-likeness (QED) is 0.654. The maximum atomic E-state index is 11.0. The fraction of sp³-hybridized carbons (Fsp3) is 0. The summed E-state index contributed by atoms with van der Waals surface area (Å²) in [4.78, 5) is 19.2. The maximum absolute atomic E-state index is 11.0. The molecule has 0 saturated carbocycles. The summed E-state index contributed by atoms with van der Waals surface area (Å²) in [5, 5.41) is 6.60. The summed E-state index contributed by atoms with van der Waals surface area (Å²) in [6.07, 6.45) is 6.81. The highest BCUT2D eigenvalue weighted by Crippen LogP contribution is 2.18. The van der Waals surface area contributed by atoms with Crippen molar-refractivity contribution in [1.29, 1.82) is 0 Å². The molecule has 0 bridgehead atoms. The van der Waals surface area contributed by atoms with Gasteiger partial charge in [-0.05, 0) is 6.07 Å². The number of primary amides is 1. The Balaban J connectivity index is 2.21. The summed E-state index contributed by atoms with van der Waals surface area (Å²) >= 11 is 0. The van der Waals surface area contributed by atoms with E-state index in [2.05, 4.69) is 20.2 Å². The van der Waals surface area contributed by atoms with E-state index in [0.717, 1.165) is 11.3 Å². The number of amides is 1. The molecule has 0 aliphatic carbocycles. The Labute approximate surface area is 95.3 Å². The number of fused-ring (bicyclic) bond motifs is 1. The molecule has 0 aliphatic rings. The van der Waals surface area contributed by atoms with E-state index in [1.807, 2.05) is 0 Å². The third kappa shape index (κ3) is 1.44. The van der Waals surface area contributed by atoms with Gasteiger partial charge in [0.1, 0.15) is 5.69 Å². The number of nitrogens with two attached hydrogens (primary N) is 1. The Kier molecular flexibility index (Phi) is 1.91. The second-order valence-electron chi connectivity index (χ2n) is 3.48. The highest BCUT2D eigenvalue weighted by Gasteiger charge is 2.09. The summed E-state index contributed by atoms with van der Waals surface area (Å²) in [7, 11) is 0. The van der Waals surface area contributed by atoms with Gasteiger partial charge in [0.2, 0.25) is 5.78 Å². The number of imidazole rings is 1. The van der Waals surface area contributed by atoms with Crippen molar-refractivity contribution in [1.82, 2.24) is 24.6 Å². The molecule has 0 fully saturated rings. The van der Waals surface area contributed by atoms with Crippen LogP contribution in [0.4, 0.5) is 0 Å². The van der Waals surface area contributed by atoms with Crippen molar-refractivity contribution in [3.63, 3.8) is 0 Å². The van der Waals surface area contributed by atoms with E-state index in [1.54, 1.807) is 35.3 Å². The fourth-order valence-electron chi connectivity index (χ4n) is 1.61. The van der Waals surface area contributed by atoms with Crippen LogP contribution in [0.2, 0.25) is 0 Å². The zero-order valence-electron chi connectivity index (χ0n) is 8.66. The molecule has 0 spiro atoms. The van der Waals surface area contributed by atoms with Crippen LogP contribution in [0.3, 0.4) is 0 Å². The Morgan fingerprint density at radius 1 is 1.41 bits per heavy atom. The van der Waals surface area contributed by atoms with Crippen LogP contribution in [0.5, 0.6) is 0 Å². The van der Waals surface area contributed by atoms with Crippen molar-refractivity contribution < 1.29 is 4.79 Å². The van der Waals surface area contributed by atoms with Crippen molar-refractivity contribution >= 4 is 11.7 Å². The van der Waals surface area contributed by atoms with Gasteiger partial charge in [0, 0.05) is 18.0 Å². The minimum atomic E-state index is -0.569. The Morgan fingerprint density at radius 2 is 2.29 bits per heavy atom. The molecule has 3 N–H and O–H groups in total. The lowest BCUT2D eigenvalue weighted by molar-refractivity contribution is 0.0995. The molecule has 0 saturated heterocycles. The second kappa shape index (κ2) is 3.41. The first kappa shape index (κ1) is 9.52. The molecule has 84 valence electrons. The van der Waals surface area contributed by atoms with Crippen molar-refractivity contribution in [3.8, 4) is 11.3 Å². The van der Waals surface area contributed by atoms with Crippen molar-refractivity contribution in [2.24, 2.45) is 5.73 Å². The first-order valence-electron chi connectivity index (χ1n) is 4.89. The highest BCUT2D eigenvalue weighted by atomic mass is 16.1. The van der Waals surface area contributed by atoms with Gasteiger partial charge in [-0.2, -0.15) is 5.10 Å². The zero-order chi connectivity index (χ0) is 11.8. The zero-order valence-corrected chi connectivity index (χ0v) is 8.66. The molecule has 3 rings (SSSR count). The number of H-pyrrole nitrogens is 1. The lowest BCUT2D eigenvalue weighted by atomic mass is 10.3. The van der Waals surface area contributed by atoms with E-state index in [1.165, 1.54) is 0 Å². The summed E-state index contributed by atoms with van der Waals surface area (Å²) in [5.74, 6) is -0.141. The molecule has 3 aromatic rings. The van der Waals surface area contributed by atoms with Crippen LogP contribution >= 0.6 is 0 Å². The SMILES string of the molecule is NC(=O)c1ccn2c(-c3cn[nH]c3)cnc2n1. The molecular weight excluding hydrogens is 220 g/mol. The van der Waals surface area contributed by atoms with Gasteiger partial charge < -0.3 is 5.73 Å². The third-order valence-corrected chi connectivity index (χ3v) is 2.43. The molecule has 3 aromatic heterocycles. The van der Waals surface area contributed by atoms with Crippen LogP contribution in [0.25, 0.3) is 17.0 Å². The van der Waals surface area contributed by atoms with Crippen LogP contribution in [0.15, 0.2) is 30.9 Å². The molecule has 17 heavy (non-hydrogen) atoms. The molecule has 0 radical (unpaired) electrons. The van der Waals surface area contributed by atoms with E-state index >= 15 is 0 Å². The average molecular weight is 228 g/mol. The van der Waals surface area contributed by atoms with Crippen LogP contribution in [-0.4, -0.2) is 30.5 Å². The van der Waals surface area contributed by atoms with Gasteiger partial charge in [-0.15, -0.1) is 0 Å². The first-order valence-corrected chi connectivity index (χ1v) is 4.89. The molecule has 1 amide bonds. The third-order valence-electron chi connectivity index (χ3n) is 2.43. The topological polar surface area (TPSA) is 102 Å². The van der Waals surface area contributed by atoms with Crippen molar-refractivity contribution in [3.05, 3.63) is 36.5 Å². The number of aromatic nitrogens is 5. The molecule has 7 heteroatoms. The first-order chi connectivity index (χ1) is 8.25. The van der Waals surface area contributed by atoms with Gasteiger partial charge in [0.25, 0.3) is 5.91 Å². The van der Waals surface area contributed by atoms with Gasteiger partial charge >= 0.3 is 0 Å². The number of hydrogen-bond acceptors (Lipinski definition) is 4. The van der Waals surface area contributed by atoms with E-state index in [9.17, 15) is 4.79 Å². The van der Waals surface area contributed by atoms with Gasteiger partial charge in [-0.25, -0.2) is 9.97 Å². The largest absolute Gasteiger partial charge is 0.364 e. The van der Waals surface area contributed by atoms with E-state index < -0.39 is 5.91 Å². The molecule has 3 heterocycles. The van der Waals surface area contributed by atoms with Crippen LogP contribution < -0.4 is 5.73 Å². The number of hydrogen-bond donors (Lipinski definition) is 2. The van der Waals surface area contributed by atoms with Crippen LogP contribution in [0, 0.1) is 0 Å². The monoisotopic (exact) mass is 228 g/mol. The Hall–Kier alpha value is -2.70. The number of nitrogens with zero attached hydrogens (tertiary/aromatic N) is 4. The average Bonchev–Trinajstić information content (AvgIpc) is 2.96. The smallest absolute Gasteiger partial charge is 0.267 e. The Bertz CT molecular complexity index is 684. The van der Waals surface area contributed by atoms with Crippen molar-refractivity contribution in [2.45, 2.75) is 0 Å². The van der Waals surface area contributed by atoms with Crippen LogP contribution in [0.1, 0.15) is 10.5 Å². The van der Waals surface area contributed by atoms with Gasteiger partial charge in [-0.1, -0.05) is 0 Å². The normalized spacial score (nSPS) is 10.8. The highest BCUT2D eigenvalue weighted by molar-refractivity contribution is 5.91. The lowest BCUT2D eigenvalue weighted by Gasteiger charge is -1.99. The van der Waals surface area contributed by atoms with Crippen LogP contribution in [-0.2, 0) is 0 Å².